The van der Waals surface area contributed by atoms with E-state index in [2.05, 4.69) is 4.98 Å². The van der Waals surface area contributed by atoms with Crippen LogP contribution in [0.2, 0.25) is 0 Å². The number of pyridine rings is 1. The Hall–Kier alpha value is -2.90. The van der Waals surface area contributed by atoms with Crippen LogP contribution in [0.25, 0.3) is 11.0 Å². The number of nitrogens with zero attached hydrogens (tertiary/aromatic N) is 3. The molecule has 1 aromatic carbocycles. The summed E-state index contributed by atoms with van der Waals surface area (Å²) in [5.41, 5.74) is 2.34. The molecule has 0 spiro atoms. The van der Waals surface area contributed by atoms with Gasteiger partial charge in [-0.2, -0.15) is 23.2 Å². The van der Waals surface area contributed by atoms with Crippen LogP contribution in [0, 0.1) is 32.1 Å². The van der Waals surface area contributed by atoms with Crippen molar-refractivity contribution >= 4 is 21.1 Å². The van der Waals surface area contributed by atoms with Gasteiger partial charge in [-0.3, -0.25) is 0 Å². The first-order valence-corrected chi connectivity index (χ1v) is 10.9. The Morgan fingerprint density at radius 1 is 1.23 bits per heavy atom. The largest absolute Gasteiger partial charge is 0.406 e. The zero-order valence-electron chi connectivity index (χ0n) is 17.2. The van der Waals surface area contributed by atoms with Crippen molar-refractivity contribution in [3.05, 3.63) is 58.9 Å². The SMILES string of the molecule is Cc1cc(C)c(S(=O)(=O)NC(Cn2cc(CC#N)c3cccnc32)C(F)(F)F)c(C)c1. The van der Waals surface area contributed by atoms with E-state index in [1.165, 1.54) is 17.0 Å². The van der Waals surface area contributed by atoms with E-state index in [1.807, 2.05) is 10.8 Å². The van der Waals surface area contributed by atoms with E-state index in [0.717, 1.165) is 5.56 Å². The van der Waals surface area contributed by atoms with Crippen molar-refractivity contribution in [1.82, 2.24) is 14.3 Å². The van der Waals surface area contributed by atoms with Crippen molar-refractivity contribution in [3.63, 3.8) is 0 Å². The smallest absolute Gasteiger partial charge is 0.330 e. The highest BCUT2D eigenvalue weighted by Crippen LogP contribution is 2.28. The lowest BCUT2D eigenvalue weighted by atomic mass is 10.1. The molecular weight excluding hydrogens is 429 g/mol. The van der Waals surface area contributed by atoms with Crippen molar-refractivity contribution in [2.45, 2.75) is 50.9 Å². The van der Waals surface area contributed by atoms with E-state index in [-0.39, 0.29) is 17.0 Å². The fourth-order valence-corrected chi connectivity index (χ4v) is 5.47. The summed E-state index contributed by atoms with van der Waals surface area (Å²) in [7, 11) is -4.45. The van der Waals surface area contributed by atoms with Gasteiger partial charge in [0.1, 0.15) is 11.7 Å². The van der Waals surface area contributed by atoms with Crippen LogP contribution in [0.3, 0.4) is 0 Å². The van der Waals surface area contributed by atoms with E-state index in [4.69, 9.17) is 5.26 Å². The molecule has 2 heterocycles. The molecule has 164 valence electrons. The van der Waals surface area contributed by atoms with Crippen molar-refractivity contribution in [3.8, 4) is 6.07 Å². The Balaban J connectivity index is 2.02. The number of hydrogen-bond acceptors (Lipinski definition) is 4. The molecule has 0 aliphatic rings. The third-order valence-electron chi connectivity index (χ3n) is 4.93. The quantitative estimate of drug-likeness (QED) is 0.616. The van der Waals surface area contributed by atoms with Crippen LogP contribution in [-0.2, 0) is 23.0 Å². The molecule has 1 unspecified atom stereocenters. The summed E-state index contributed by atoms with van der Waals surface area (Å²) in [6.45, 7) is 4.17. The highest BCUT2D eigenvalue weighted by atomic mass is 32.2. The van der Waals surface area contributed by atoms with Gasteiger partial charge in [-0.1, -0.05) is 17.7 Å². The lowest BCUT2D eigenvalue weighted by Gasteiger charge is -2.23. The number of benzene rings is 1. The first-order chi connectivity index (χ1) is 14.4. The molecule has 6 nitrogen and oxygen atoms in total. The predicted octanol–water partition coefficient (Wildman–Crippen LogP) is 3.94. The number of nitrogens with one attached hydrogen (secondary N) is 1. The maximum absolute atomic E-state index is 13.9. The second-order valence-corrected chi connectivity index (χ2v) is 9.11. The van der Waals surface area contributed by atoms with Crippen molar-refractivity contribution in [2.75, 3.05) is 0 Å². The molecule has 3 aromatic rings. The molecule has 0 saturated carbocycles. The molecule has 31 heavy (non-hydrogen) atoms. The summed E-state index contributed by atoms with van der Waals surface area (Å²) in [5.74, 6) is 0. The second kappa shape index (κ2) is 8.32. The summed E-state index contributed by atoms with van der Waals surface area (Å²) >= 11 is 0. The number of nitriles is 1. The third-order valence-corrected chi connectivity index (χ3v) is 6.71. The van der Waals surface area contributed by atoms with E-state index in [1.54, 1.807) is 45.0 Å². The summed E-state index contributed by atoms with van der Waals surface area (Å²) in [6.07, 6.45) is -2.00. The molecule has 1 N–H and O–H groups in total. The van der Waals surface area contributed by atoms with Gasteiger partial charge >= 0.3 is 6.18 Å². The van der Waals surface area contributed by atoms with Crippen LogP contribution < -0.4 is 4.72 Å². The van der Waals surface area contributed by atoms with Gasteiger partial charge < -0.3 is 4.57 Å². The maximum Gasteiger partial charge on any atom is 0.406 e. The Morgan fingerprint density at radius 2 is 1.87 bits per heavy atom. The molecule has 0 amide bonds. The number of fused-ring (bicyclic) bond motifs is 1. The zero-order chi connectivity index (χ0) is 23.0. The minimum absolute atomic E-state index is 0.000634. The molecule has 1 atom stereocenters. The van der Waals surface area contributed by atoms with Gasteiger partial charge in [-0.15, -0.1) is 0 Å². The molecule has 0 aliphatic carbocycles. The standard InChI is InChI=1S/C21H21F3N4O2S/c1-13-9-14(2)19(15(3)10-13)31(29,30)27-18(21(22,23)24)12-28-11-16(6-7-25)17-5-4-8-26-20(17)28/h4-5,8-11,18,27H,6,12H2,1-3H3. The minimum atomic E-state index is -4.85. The fourth-order valence-electron chi connectivity index (χ4n) is 3.80. The van der Waals surface area contributed by atoms with Crippen LogP contribution in [0.1, 0.15) is 22.3 Å². The van der Waals surface area contributed by atoms with Crippen LogP contribution >= 0.6 is 0 Å². The average Bonchev–Trinajstić information content (AvgIpc) is 2.97. The first kappa shape index (κ1) is 22.8. The molecule has 10 heteroatoms. The fraction of sp³-hybridized carbons (Fsp3) is 0.333. The summed E-state index contributed by atoms with van der Waals surface area (Å²) in [6, 6.07) is 6.11. The Bertz CT molecular complexity index is 1250. The van der Waals surface area contributed by atoms with E-state index in [9.17, 15) is 21.6 Å². The second-order valence-electron chi connectivity index (χ2n) is 7.46. The predicted molar refractivity (Wildman–Crippen MR) is 110 cm³/mol. The van der Waals surface area contributed by atoms with Crippen LogP contribution in [-0.4, -0.2) is 30.2 Å². The van der Waals surface area contributed by atoms with Crippen LogP contribution in [0.4, 0.5) is 13.2 Å². The topological polar surface area (TPSA) is 87.8 Å². The average molecular weight is 450 g/mol. The summed E-state index contributed by atoms with van der Waals surface area (Å²) in [4.78, 5) is 3.96. The number of alkyl halides is 3. The third kappa shape index (κ3) is 4.73. The Morgan fingerprint density at radius 3 is 2.45 bits per heavy atom. The Kier molecular flexibility index (Phi) is 6.11. The Labute approximate surface area is 178 Å². The number of aryl methyl sites for hydroxylation is 3. The van der Waals surface area contributed by atoms with Gasteiger partial charge in [0, 0.05) is 24.3 Å². The van der Waals surface area contributed by atoms with Gasteiger partial charge in [-0.25, -0.2) is 13.4 Å². The van der Waals surface area contributed by atoms with Crippen molar-refractivity contribution < 1.29 is 21.6 Å². The molecule has 3 rings (SSSR count). The number of hydrogen-bond donors (Lipinski definition) is 1. The highest BCUT2D eigenvalue weighted by Gasteiger charge is 2.43. The van der Waals surface area contributed by atoms with Crippen LogP contribution in [0.5, 0.6) is 0 Å². The van der Waals surface area contributed by atoms with E-state index < -0.39 is 28.8 Å². The van der Waals surface area contributed by atoms with E-state index in [0.29, 0.717) is 22.1 Å². The minimum Gasteiger partial charge on any atom is -0.330 e. The molecule has 0 aliphatic heterocycles. The summed E-state index contributed by atoms with van der Waals surface area (Å²) < 4.78 is 70.5. The van der Waals surface area contributed by atoms with Gasteiger partial charge in [0.05, 0.1) is 17.4 Å². The van der Waals surface area contributed by atoms with E-state index >= 15 is 0 Å². The zero-order valence-corrected chi connectivity index (χ0v) is 18.0. The number of aromatic nitrogens is 2. The van der Waals surface area contributed by atoms with Gasteiger partial charge in [0.2, 0.25) is 10.0 Å². The normalized spacial score (nSPS) is 13.3. The van der Waals surface area contributed by atoms with Crippen molar-refractivity contribution in [2.24, 2.45) is 0 Å². The molecular formula is C21H21F3N4O2S. The number of sulfonamides is 1. The highest BCUT2D eigenvalue weighted by molar-refractivity contribution is 7.89. The lowest BCUT2D eigenvalue weighted by molar-refractivity contribution is -0.154. The molecule has 0 bridgehead atoms. The molecule has 2 aromatic heterocycles. The first-order valence-electron chi connectivity index (χ1n) is 9.40. The van der Waals surface area contributed by atoms with Crippen molar-refractivity contribution in [1.29, 1.82) is 5.26 Å². The van der Waals surface area contributed by atoms with Gasteiger partial charge in [0.15, 0.2) is 0 Å². The molecule has 0 fully saturated rings. The van der Waals surface area contributed by atoms with Gasteiger partial charge in [-0.05, 0) is 49.6 Å². The lowest BCUT2D eigenvalue weighted by Crippen LogP contribution is -2.48. The molecule has 0 radical (unpaired) electrons. The maximum atomic E-state index is 13.9. The number of rotatable bonds is 6. The summed E-state index contributed by atoms with van der Waals surface area (Å²) in [5, 5.41) is 9.55. The monoisotopic (exact) mass is 450 g/mol. The van der Waals surface area contributed by atoms with Gasteiger partial charge in [0.25, 0.3) is 0 Å². The number of halogens is 3. The molecule has 0 saturated heterocycles. The van der Waals surface area contributed by atoms with Crippen LogP contribution in [0.15, 0.2) is 41.6 Å².